The zero-order chi connectivity index (χ0) is 31.3. The Bertz CT molecular complexity index is 1900. The molecule has 4 heteroatoms. The third kappa shape index (κ3) is 7.36. The summed E-state index contributed by atoms with van der Waals surface area (Å²) in [5.74, 6) is 0. The van der Waals surface area contributed by atoms with Crippen LogP contribution in [-0.4, -0.2) is 0 Å². The van der Waals surface area contributed by atoms with Crippen LogP contribution in [0, 0.1) is 0 Å². The van der Waals surface area contributed by atoms with Gasteiger partial charge >= 0.3 is 0 Å². The van der Waals surface area contributed by atoms with E-state index in [4.69, 9.17) is 0 Å². The summed E-state index contributed by atoms with van der Waals surface area (Å²) in [5.41, 5.74) is 0. The Kier molecular flexibility index (Phi) is 11.0. The molecule has 0 nitrogen and oxygen atoms in total. The fraction of sp³-hybridized carbons (Fsp3) is 0.476. The standard InChI is InChI=1S/C42H50S4/c1-3-5-7-9-11-13-15-17-19-31-21-29-23-33-35-25-40-36(26-39(35)45-41(33)27-37(29)43-31)34-24-30-22-32(44-38(30)28-42(34)46-40)20-18-16-14-12-10-8-6-4-2/h21-28H,3-20H2,1-2H3. The highest BCUT2D eigenvalue weighted by atomic mass is 32.1. The van der Waals surface area contributed by atoms with Crippen molar-refractivity contribution in [3.63, 3.8) is 0 Å². The molecule has 0 saturated heterocycles. The second kappa shape index (κ2) is 15.5. The van der Waals surface area contributed by atoms with Gasteiger partial charge in [0, 0.05) is 59.5 Å². The van der Waals surface area contributed by atoms with Crippen LogP contribution in [0.25, 0.3) is 60.5 Å². The van der Waals surface area contributed by atoms with E-state index in [0.717, 1.165) is 0 Å². The van der Waals surface area contributed by atoms with Crippen LogP contribution in [0.2, 0.25) is 0 Å². The molecule has 4 aromatic heterocycles. The molecule has 242 valence electrons. The molecule has 0 spiro atoms. The van der Waals surface area contributed by atoms with Crippen molar-refractivity contribution in [1.82, 2.24) is 0 Å². The Balaban J connectivity index is 1.05. The molecule has 0 aliphatic carbocycles. The largest absolute Gasteiger partial charge is 0.140 e. The number of unbranched alkanes of at least 4 members (excludes halogenated alkanes) is 14. The SMILES string of the molecule is CCCCCCCCCCc1cc2cc3c(cc2s1)sc1cc2c(cc13)sc1cc3sc(CCCCCCCCCC)cc3cc12. The van der Waals surface area contributed by atoms with E-state index in [2.05, 4.69) is 62.4 Å². The lowest BCUT2D eigenvalue weighted by Crippen LogP contribution is -1.83. The third-order valence-corrected chi connectivity index (χ3v) is 14.5. The molecule has 0 unspecified atom stereocenters. The smallest absolute Gasteiger partial charge is 0.0369 e. The van der Waals surface area contributed by atoms with Gasteiger partial charge in [0.2, 0.25) is 0 Å². The Labute approximate surface area is 291 Å². The van der Waals surface area contributed by atoms with Crippen molar-refractivity contribution in [3.8, 4) is 0 Å². The van der Waals surface area contributed by atoms with E-state index in [-0.39, 0.29) is 0 Å². The van der Waals surface area contributed by atoms with Crippen molar-refractivity contribution < 1.29 is 0 Å². The molecular formula is C42H50S4. The molecule has 0 N–H and O–H groups in total. The van der Waals surface area contributed by atoms with E-state index in [1.165, 1.54) is 176 Å². The quantitative estimate of drug-likeness (QED) is 0.0790. The van der Waals surface area contributed by atoms with Gasteiger partial charge in [-0.25, -0.2) is 0 Å². The normalized spacial score (nSPS) is 12.4. The first-order valence-corrected chi connectivity index (χ1v) is 21.6. The molecule has 7 aromatic rings. The number of rotatable bonds is 18. The molecule has 4 heterocycles. The first-order chi connectivity index (χ1) is 22.7. The summed E-state index contributed by atoms with van der Waals surface area (Å²) in [4.78, 5) is 3.13. The van der Waals surface area contributed by atoms with Gasteiger partial charge in [-0.3, -0.25) is 0 Å². The van der Waals surface area contributed by atoms with Gasteiger partial charge in [0.15, 0.2) is 0 Å². The van der Waals surface area contributed by atoms with Gasteiger partial charge in [0.1, 0.15) is 0 Å². The number of hydrogen-bond acceptors (Lipinski definition) is 4. The molecule has 7 rings (SSSR count). The van der Waals surface area contributed by atoms with Crippen LogP contribution in [-0.2, 0) is 12.8 Å². The van der Waals surface area contributed by atoms with E-state index in [9.17, 15) is 0 Å². The molecule has 0 fully saturated rings. The number of benzene rings is 3. The summed E-state index contributed by atoms with van der Waals surface area (Å²) in [7, 11) is 0. The highest BCUT2D eigenvalue weighted by Crippen LogP contribution is 2.45. The van der Waals surface area contributed by atoms with Gasteiger partial charge in [-0.15, -0.1) is 45.3 Å². The molecule has 0 bridgehead atoms. The van der Waals surface area contributed by atoms with E-state index in [1.807, 2.05) is 45.3 Å². The lowest BCUT2D eigenvalue weighted by Gasteiger charge is -2.00. The molecule has 3 aromatic carbocycles. The van der Waals surface area contributed by atoms with E-state index in [0.29, 0.717) is 0 Å². The van der Waals surface area contributed by atoms with Crippen LogP contribution in [0.4, 0.5) is 0 Å². The summed E-state index contributed by atoms with van der Waals surface area (Å²) >= 11 is 8.02. The average molecular weight is 683 g/mol. The van der Waals surface area contributed by atoms with Crippen molar-refractivity contribution in [2.45, 2.75) is 129 Å². The van der Waals surface area contributed by atoms with Crippen LogP contribution in [0.15, 0.2) is 48.5 Å². The predicted octanol–water partition coefficient (Wildman–Crippen LogP) is 16.2. The first kappa shape index (κ1) is 32.6. The molecule has 0 saturated carbocycles. The maximum Gasteiger partial charge on any atom is 0.0369 e. The molecule has 46 heavy (non-hydrogen) atoms. The van der Waals surface area contributed by atoms with Gasteiger partial charge in [0.05, 0.1) is 0 Å². The first-order valence-electron chi connectivity index (χ1n) is 18.4. The summed E-state index contributed by atoms with van der Waals surface area (Å²) in [6, 6.07) is 19.9. The molecular weight excluding hydrogens is 633 g/mol. The summed E-state index contributed by atoms with van der Waals surface area (Å²) in [6.45, 7) is 4.60. The Morgan fingerprint density at radius 1 is 0.326 bits per heavy atom. The van der Waals surface area contributed by atoms with E-state index in [1.54, 1.807) is 9.75 Å². The predicted molar refractivity (Wildman–Crippen MR) is 216 cm³/mol. The maximum absolute atomic E-state index is 2.50. The topological polar surface area (TPSA) is 0 Å². The lowest BCUT2D eigenvalue weighted by atomic mass is 10.1. The summed E-state index contributed by atoms with van der Waals surface area (Å²) in [6.07, 6.45) is 24.7. The number of thiophene rings is 4. The zero-order valence-electron chi connectivity index (χ0n) is 28.0. The summed E-state index contributed by atoms with van der Waals surface area (Å²) in [5, 5.41) is 8.62. The van der Waals surface area contributed by atoms with Crippen molar-refractivity contribution in [3.05, 3.63) is 58.3 Å². The maximum atomic E-state index is 2.50. The van der Waals surface area contributed by atoms with Crippen molar-refractivity contribution in [2.75, 3.05) is 0 Å². The van der Waals surface area contributed by atoms with Crippen LogP contribution in [0.1, 0.15) is 126 Å². The Hall–Kier alpha value is -1.98. The van der Waals surface area contributed by atoms with Crippen LogP contribution in [0.3, 0.4) is 0 Å². The molecule has 0 amide bonds. The monoisotopic (exact) mass is 682 g/mol. The van der Waals surface area contributed by atoms with Gasteiger partial charge < -0.3 is 0 Å². The average Bonchev–Trinajstić information content (AvgIpc) is 3.82. The van der Waals surface area contributed by atoms with Gasteiger partial charge in [0.25, 0.3) is 0 Å². The highest BCUT2D eigenvalue weighted by Gasteiger charge is 2.14. The minimum absolute atomic E-state index is 1.24. The minimum atomic E-state index is 1.24. The second-order valence-electron chi connectivity index (χ2n) is 13.7. The fourth-order valence-corrected chi connectivity index (χ4v) is 12.0. The van der Waals surface area contributed by atoms with E-state index < -0.39 is 0 Å². The lowest BCUT2D eigenvalue weighted by molar-refractivity contribution is 0.576. The molecule has 0 radical (unpaired) electrons. The van der Waals surface area contributed by atoms with Crippen LogP contribution >= 0.6 is 45.3 Å². The van der Waals surface area contributed by atoms with Crippen LogP contribution in [0.5, 0.6) is 0 Å². The number of aryl methyl sites for hydroxylation is 2. The van der Waals surface area contributed by atoms with Crippen molar-refractivity contribution in [1.29, 1.82) is 0 Å². The minimum Gasteiger partial charge on any atom is -0.140 e. The highest BCUT2D eigenvalue weighted by molar-refractivity contribution is 7.28. The van der Waals surface area contributed by atoms with Gasteiger partial charge in [-0.2, -0.15) is 0 Å². The van der Waals surface area contributed by atoms with Gasteiger partial charge in [-0.05, 0) is 85.0 Å². The Morgan fingerprint density at radius 2 is 0.674 bits per heavy atom. The Morgan fingerprint density at radius 3 is 1.09 bits per heavy atom. The zero-order valence-corrected chi connectivity index (χ0v) is 31.2. The second-order valence-corrected chi connectivity index (χ2v) is 18.2. The summed E-state index contributed by atoms with van der Waals surface area (Å²) < 4.78 is 8.66. The number of hydrogen-bond donors (Lipinski definition) is 0. The van der Waals surface area contributed by atoms with Crippen LogP contribution < -0.4 is 0 Å². The van der Waals surface area contributed by atoms with Crippen molar-refractivity contribution in [2.24, 2.45) is 0 Å². The molecule has 0 aliphatic heterocycles. The molecule has 0 atom stereocenters. The van der Waals surface area contributed by atoms with Crippen molar-refractivity contribution >= 4 is 106 Å². The fourth-order valence-electron chi connectivity index (χ4n) is 7.34. The number of fused-ring (bicyclic) bond motifs is 8. The molecule has 0 aliphatic rings. The van der Waals surface area contributed by atoms with Gasteiger partial charge in [-0.1, -0.05) is 104 Å². The third-order valence-electron chi connectivity index (χ3n) is 9.99. The van der Waals surface area contributed by atoms with E-state index >= 15 is 0 Å².